The third-order valence-electron chi connectivity index (χ3n) is 2.88. The van der Waals surface area contributed by atoms with Crippen molar-refractivity contribution in [1.29, 1.82) is 0 Å². The van der Waals surface area contributed by atoms with Crippen LogP contribution in [0.2, 0.25) is 0 Å². The Balaban J connectivity index is 2.86. The number of carbonyl (C=O) groups excluding carboxylic acids is 1. The summed E-state index contributed by atoms with van der Waals surface area (Å²) in [4.78, 5) is 24.0. The molecule has 1 aromatic rings. The Morgan fingerprint density at radius 1 is 1.42 bits per heavy atom. The van der Waals surface area contributed by atoms with Crippen LogP contribution in [0, 0.1) is 0 Å². The SMILES string of the molecule is CCN(CCC(=O)NC)c1ccc(C(=O)O)cc1N. The Hall–Kier alpha value is -2.24. The normalized spacial score (nSPS) is 10.0. The molecular weight excluding hydrogens is 246 g/mol. The number of nitrogens with two attached hydrogens (primary N) is 1. The van der Waals surface area contributed by atoms with Crippen molar-refractivity contribution in [2.75, 3.05) is 30.8 Å². The number of nitrogen functional groups attached to an aromatic ring is 1. The average molecular weight is 265 g/mol. The van der Waals surface area contributed by atoms with Gasteiger partial charge in [-0.1, -0.05) is 0 Å². The highest BCUT2D eigenvalue weighted by Gasteiger charge is 2.12. The molecule has 0 heterocycles. The van der Waals surface area contributed by atoms with Gasteiger partial charge in [-0.25, -0.2) is 4.79 Å². The maximum Gasteiger partial charge on any atom is 0.335 e. The van der Waals surface area contributed by atoms with E-state index in [0.717, 1.165) is 5.69 Å². The summed E-state index contributed by atoms with van der Waals surface area (Å²) in [5.74, 6) is -1.05. The van der Waals surface area contributed by atoms with Gasteiger partial charge >= 0.3 is 5.97 Å². The minimum Gasteiger partial charge on any atom is -0.478 e. The fourth-order valence-electron chi connectivity index (χ4n) is 1.79. The van der Waals surface area contributed by atoms with Gasteiger partial charge in [0.2, 0.25) is 5.91 Å². The van der Waals surface area contributed by atoms with Crippen molar-refractivity contribution in [2.24, 2.45) is 0 Å². The van der Waals surface area contributed by atoms with Gasteiger partial charge in [-0.15, -0.1) is 0 Å². The largest absolute Gasteiger partial charge is 0.478 e. The molecular formula is C13H19N3O3. The first-order valence-corrected chi connectivity index (χ1v) is 6.08. The minimum absolute atomic E-state index is 0.0424. The van der Waals surface area contributed by atoms with Crippen molar-refractivity contribution >= 4 is 23.3 Å². The topological polar surface area (TPSA) is 95.7 Å². The molecule has 0 saturated heterocycles. The number of rotatable bonds is 6. The Bertz CT molecular complexity index is 474. The number of carbonyl (C=O) groups is 2. The predicted octanol–water partition coefficient (Wildman–Crippen LogP) is 0.929. The van der Waals surface area contributed by atoms with Crippen molar-refractivity contribution < 1.29 is 14.7 Å². The highest BCUT2D eigenvalue weighted by molar-refractivity contribution is 5.90. The van der Waals surface area contributed by atoms with Gasteiger partial charge in [-0.05, 0) is 25.1 Å². The lowest BCUT2D eigenvalue weighted by atomic mass is 10.1. The molecule has 0 spiro atoms. The molecule has 0 fully saturated rings. The maximum absolute atomic E-state index is 11.2. The molecule has 4 N–H and O–H groups in total. The Labute approximate surface area is 112 Å². The molecule has 19 heavy (non-hydrogen) atoms. The number of anilines is 2. The summed E-state index contributed by atoms with van der Waals surface area (Å²) in [6, 6.07) is 4.61. The number of benzene rings is 1. The Morgan fingerprint density at radius 3 is 2.58 bits per heavy atom. The van der Waals surface area contributed by atoms with E-state index in [1.54, 1.807) is 13.1 Å². The zero-order valence-electron chi connectivity index (χ0n) is 11.1. The van der Waals surface area contributed by atoms with Crippen LogP contribution in [0.3, 0.4) is 0 Å². The van der Waals surface area contributed by atoms with Crippen LogP contribution in [-0.4, -0.2) is 37.1 Å². The van der Waals surface area contributed by atoms with Gasteiger partial charge in [0.25, 0.3) is 0 Å². The highest BCUT2D eigenvalue weighted by atomic mass is 16.4. The van der Waals surface area contributed by atoms with E-state index < -0.39 is 5.97 Å². The molecule has 6 nitrogen and oxygen atoms in total. The second-order valence-electron chi connectivity index (χ2n) is 4.08. The summed E-state index contributed by atoms with van der Waals surface area (Å²) in [6.45, 7) is 3.18. The molecule has 0 bridgehead atoms. The van der Waals surface area contributed by atoms with E-state index in [1.807, 2.05) is 11.8 Å². The maximum atomic E-state index is 11.2. The minimum atomic E-state index is -1.01. The van der Waals surface area contributed by atoms with Gasteiger partial charge < -0.3 is 21.1 Å². The zero-order valence-corrected chi connectivity index (χ0v) is 11.1. The van der Waals surface area contributed by atoms with Crippen LogP contribution in [0.25, 0.3) is 0 Å². The van der Waals surface area contributed by atoms with E-state index >= 15 is 0 Å². The van der Waals surface area contributed by atoms with Gasteiger partial charge in [0, 0.05) is 26.6 Å². The van der Waals surface area contributed by atoms with Gasteiger partial charge in [0.15, 0.2) is 0 Å². The van der Waals surface area contributed by atoms with Crippen LogP contribution in [0.5, 0.6) is 0 Å². The Morgan fingerprint density at radius 2 is 2.11 bits per heavy atom. The first-order chi connectivity index (χ1) is 8.99. The summed E-state index contributed by atoms with van der Waals surface area (Å²) in [5.41, 5.74) is 7.17. The second-order valence-corrected chi connectivity index (χ2v) is 4.08. The summed E-state index contributed by atoms with van der Waals surface area (Å²) in [5, 5.41) is 11.4. The molecule has 0 aromatic heterocycles. The summed E-state index contributed by atoms with van der Waals surface area (Å²) >= 11 is 0. The molecule has 1 aromatic carbocycles. The van der Waals surface area contributed by atoms with Gasteiger partial charge in [-0.2, -0.15) is 0 Å². The fourth-order valence-corrected chi connectivity index (χ4v) is 1.79. The van der Waals surface area contributed by atoms with E-state index in [1.165, 1.54) is 12.1 Å². The van der Waals surface area contributed by atoms with Crippen molar-refractivity contribution in [3.05, 3.63) is 23.8 Å². The second kappa shape index (κ2) is 6.63. The first kappa shape index (κ1) is 14.8. The van der Waals surface area contributed by atoms with Crippen molar-refractivity contribution in [3.63, 3.8) is 0 Å². The number of carboxylic acid groups (broad SMARTS) is 1. The monoisotopic (exact) mass is 265 g/mol. The predicted molar refractivity (Wildman–Crippen MR) is 74.4 cm³/mol. The van der Waals surface area contributed by atoms with E-state index in [9.17, 15) is 9.59 Å². The van der Waals surface area contributed by atoms with Crippen LogP contribution >= 0.6 is 0 Å². The third-order valence-corrected chi connectivity index (χ3v) is 2.88. The summed E-state index contributed by atoms with van der Waals surface area (Å²) < 4.78 is 0. The smallest absolute Gasteiger partial charge is 0.335 e. The van der Waals surface area contributed by atoms with Gasteiger partial charge in [0.05, 0.1) is 16.9 Å². The van der Waals surface area contributed by atoms with Crippen molar-refractivity contribution in [2.45, 2.75) is 13.3 Å². The number of amides is 1. The van der Waals surface area contributed by atoms with Gasteiger partial charge in [-0.3, -0.25) is 4.79 Å². The van der Waals surface area contributed by atoms with Crippen LogP contribution in [-0.2, 0) is 4.79 Å². The van der Waals surface area contributed by atoms with Gasteiger partial charge in [0.1, 0.15) is 0 Å². The van der Waals surface area contributed by atoms with Crippen LogP contribution in [0.15, 0.2) is 18.2 Å². The number of nitrogens with zero attached hydrogens (tertiary/aromatic N) is 1. The first-order valence-electron chi connectivity index (χ1n) is 6.08. The number of carboxylic acids is 1. The standard InChI is InChI=1S/C13H19N3O3/c1-3-16(7-6-12(17)15-2)11-5-4-9(13(18)19)8-10(11)14/h4-5,8H,3,6-7,14H2,1-2H3,(H,15,17)(H,18,19). The number of hydrogen-bond acceptors (Lipinski definition) is 4. The van der Waals surface area contributed by atoms with Crippen LogP contribution in [0.4, 0.5) is 11.4 Å². The lowest BCUT2D eigenvalue weighted by Gasteiger charge is -2.24. The quantitative estimate of drug-likeness (QED) is 0.665. The van der Waals surface area contributed by atoms with E-state index in [4.69, 9.17) is 10.8 Å². The molecule has 0 aliphatic carbocycles. The van der Waals surface area contributed by atoms with Crippen LogP contribution in [0.1, 0.15) is 23.7 Å². The molecule has 0 radical (unpaired) electrons. The van der Waals surface area contributed by atoms with Crippen molar-refractivity contribution in [1.82, 2.24) is 5.32 Å². The number of aromatic carboxylic acids is 1. The molecule has 6 heteroatoms. The molecule has 0 atom stereocenters. The summed E-state index contributed by atoms with van der Waals surface area (Å²) in [7, 11) is 1.59. The summed E-state index contributed by atoms with van der Waals surface area (Å²) in [6.07, 6.45) is 0.366. The van der Waals surface area contributed by atoms with Crippen molar-refractivity contribution in [3.8, 4) is 0 Å². The average Bonchev–Trinajstić information content (AvgIpc) is 2.40. The lowest BCUT2D eigenvalue weighted by molar-refractivity contribution is -0.120. The molecule has 0 aliphatic rings. The molecule has 0 aliphatic heterocycles. The third kappa shape index (κ3) is 3.87. The Kier molecular flexibility index (Phi) is 5.17. The number of hydrogen-bond donors (Lipinski definition) is 3. The molecule has 0 saturated carbocycles. The molecule has 1 amide bonds. The van der Waals surface area contributed by atoms with E-state index in [0.29, 0.717) is 25.2 Å². The highest BCUT2D eigenvalue weighted by Crippen LogP contribution is 2.24. The lowest BCUT2D eigenvalue weighted by Crippen LogP contribution is -2.29. The van der Waals surface area contributed by atoms with E-state index in [2.05, 4.69) is 5.32 Å². The zero-order chi connectivity index (χ0) is 14.4. The molecule has 1 rings (SSSR count). The fraction of sp³-hybridized carbons (Fsp3) is 0.385. The number of nitrogens with one attached hydrogen (secondary N) is 1. The van der Waals surface area contributed by atoms with E-state index in [-0.39, 0.29) is 11.5 Å². The van der Waals surface area contributed by atoms with Crippen LogP contribution < -0.4 is 16.0 Å². The molecule has 104 valence electrons. The molecule has 0 unspecified atom stereocenters.